The molecule has 0 spiro atoms. The van der Waals surface area contributed by atoms with Crippen LogP contribution in [-0.4, -0.2) is 12.2 Å². The largest absolute Gasteiger partial charge is 4.00 e. The first-order valence-corrected chi connectivity index (χ1v) is 5.74. The van der Waals surface area contributed by atoms with Gasteiger partial charge in [-0.3, -0.25) is 0 Å². The molecule has 1 aromatic rings. The zero-order chi connectivity index (χ0) is 13.1. The summed E-state index contributed by atoms with van der Waals surface area (Å²) in [4.78, 5) is 0. The molecule has 1 aliphatic carbocycles. The van der Waals surface area contributed by atoms with Gasteiger partial charge in [-0.25, -0.2) is 0 Å². The summed E-state index contributed by atoms with van der Waals surface area (Å²) in [6.07, 6.45) is 7.46. The third kappa shape index (κ3) is 14.4. The van der Waals surface area contributed by atoms with Gasteiger partial charge >= 0.3 is 21.7 Å². The van der Waals surface area contributed by atoms with Crippen LogP contribution < -0.4 is 24.8 Å². The van der Waals surface area contributed by atoms with E-state index in [1.807, 2.05) is 18.2 Å². The minimum atomic E-state index is 0. The molecule has 0 saturated carbocycles. The molecule has 0 unspecified atom stereocenters. The summed E-state index contributed by atoms with van der Waals surface area (Å²) in [6, 6.07) is 11.3. The van der Waals surface area contributed by atoms with E-state index in [0.29, 0.717) is 0 Å². The van der Waals surface area contributed by atoms with Crippen LogP contribution in [0.3, 0.4) is 0 Å². The number of hydrogen-bond donors (Lipinski definition) is 1. The molecule has 2 rings (SSSR count). The van der Waals surface area contributed by atoms with E-state index in [-0.39, 0.29) is 46.5 Å². The van der Waals surface area contributed by atoms with E-state index in [9.17, 15) is 0 Å². The van der Waals surface area contributed by atoms with Gasteiger partial charge in [-0.2, -0.15) is 20.8 Å². The van der Waals surface area contributed by atoms with Crippen LogP contribution in [0, 0.1) is 12.0 Å². The van der Waals surface area contributed by atoms with Crippen LogP contribution in [0.2, 0.25) is 0 Å². The first-order valence-electron chi connectivity index (χ1n) is 5.74. The van der Waals surface area contributed by atoms with E-state index in [2.05, 4.69) is 51.1 Å². The Bertz CT molecular complexity index is 346. The van der Waals surface area contributed by atoms with Crippen molar-refractivity contribution in [1.82, 2.24) is 0 Å². The van der Waals surface area contributed by atoms with Gasteiger partial charge in [0, 0.05) is 7.11 Å². The third-order valence-electron chi connectivity index (χ3n) is 1.83. The van der Waals surface area contributed by atoms with Crippen molar-refractivity contribution in [3.63, 3.8) is 0 Å². The van der Waals surface area contributed by atoms with Gasteiger partial charge in [-0.15, -0.1) is 47.5 Å². The number of aliphatic hydroxyl groups excluding tert-OH is 1. The van der Waals surface area contributed by atoms with Gasteiger partial charge in [0.25, 0.3) is 0 Å². The van der Waals surface area contributed by atoms with Crippen LogP contribution in [-0.2, 0) is 21.7 Å². The quantitative estimate of drug-likeness (QED) is 0.463. The molecular weight excluding hydrogens is 327 g/mol. The van der Waals surface area contributed by atoms with E-state index in [0.717, 1.165) is 13.5 Å². The van der Waals surface area contributed by atoms with Crippen molar-refractivity contribution in [3.05, 3.63) is 60.0 Å². The van der Waals surface area contributed by atoms with E-state index < -0.39 is 0 Å². The average molecular weight is 349 g/mol. The summed E-state index contributed by atoms with van der Waals surface area (Å²) in [7, 11) is 1.00. The maximum Gasteiger partial charge on any atom is 4.00 e. The summed E-state index contributed by atoms with van der Waals surface area (Å²) in [5, 5.41) is 7.00. The second-order valence-corrected chi connectivity index (χ2v) is 4.10. The van der Waals surface area contributed by atoms with Crippen molar-refractivity contribution >= 4 is 5.57 Å². The third-order valence-corrected chi connectivity index (χ3v) is 1.83. The molecule has 0 radical (unpaired) electrons. The molecule has 1 aromatic carbocycles. The van der Waals surface area contributed by atoms with Crippen LogP contribution in [0.25, 0.3) is 5.57 Å². The van der Waals surface area contributed by atoms with Crippen LogP contribution in [0.4, 0.5) is 0 Å². The number of aliphatic hydroxyl groups is 1. The molecule has 110 valence electrons. The summed E-state index contributed by atoms with van der Waals surface area (Å²) in [6.45, 7) is 6.25. The first kappa shape index (κ1) is 28.2. The molecule has 0 fully saturated rings. The number of rotatable bonds is 1. The van der Waals surface area contributed by atoms with Crippen molar-refractivity contribution in [2.75, 3.05) is 7.11 Å². The van der Waals surface area contributed by atoms with Crippen molar-refractivity contribution < 1.29 is 51.6 Å². The molecular formula is C16H22Cl2OTi. The fourth-order valence-corrected chi connectivity index (χ4v) is 1.24. The van der Waals surface area contributed by atoms with Gasteiger partial charge in [0.05, 0.1) is 0 Å². The molecule has 0 aromatic heterocycles. The van der Waals surface area contributed by atoms with Crippen molar-refractivity contribution in [1.29, 1.82) is 0 Å². The summed E-state index contributed by atoms with van der Waals surface area (Å²) >= 11 is 0. The van der Waals surface area contributed by atoms with Crippen molar-refractivity contribution in [2.45, 2.75) is 27.2 Å². The Labute approximate surface area is 151 Å². The number of allylic oxidation sites excluding steroid dienone is 4. The van der Waals surface area contributed by atoms with Gasteiger partial charge in [-0.05, 0) is 6.42 Å². The summed E-state index contributed by atoms with van der Waals surface area (Å²) < 4.78 is 0. The van der Waals surface area contributed by atoms with Gasteiger partial charge in [0.2, 0.25) is 0 Å². The van der Waals surface area contributed by atoms with Gasteiger partial charge in [0.15, 0.2) is 0 Å². The molecule has 0 aliphatic heterocycles. The minimum Gasteiger partial charge on any atom is -1.00 e. The number of benzene rings is 1. The topological polar surface area (TPSA) is 20.2 Å². The second kappa shape index (κ2) is 19.0. The van der Waals surface area contributed by atoms with Gasteiger partial charge in [0.1, 0.15) is 0 Å². The Morgan fingerprint density at radius 3 is 2.00 bits per heavy atom. The Morgan fingerprint density at radius 1 is 1.10 bits per heavy atom. The van der Waals surface area contributed by atoms with Crippen molar-refractivity contribution in [3.8, 4) is 0 Å². The molecule has 1 nitrogen and oxygen atoms in total. The molecule has 0 atom stereocenters. The molecule has 1 aliphatic rings. The van der Waals surface area contributed by atoms with Crippen LogP contribution in [0.1, 0.15) is 32.8 Å². The molecule has 20 heavy (non-hydrogen) atoms. The summed E-state index contributed by atoms with van der Waals surface area (Å²) in [5.41, 5.74) is 2.59. The number of hydrogen-bond acceptors (Lipinski definition) is 1. The van der Waals surface area contributed by atoms with Crippen LogP contribution in [0.5, 0.6) is 0 Å². The Morgan fingerprint density at radius 2 is 1.65 bits per heavy atom. The molecule has 4 heteroatoms. The van der Waals surface area contributed by atoms with Crippen LogP contribution >= 0.6 is 0 Å². The second-order valence-electron chi connectivity index (χ2n) is 4.10. The summed E-state index contributed by atoms with van der Waals surface area (Å²) in [5.74, 6) is 1.42. The van der Waals surface area contributed by atoms with Gasteiger partial charge in [-0.1, -0.05) is 12.2 Å². The maximum absolute atomic E-state index is 7.00. The Kier molecular flexibility index (Phi) is 26.7. The van der Waals surface area contributed by atoms with E-state index in [1.54, 1.807) is 0 Å². The first-order chi connectivity index (χ1) is 8.20. The molecule has 0 amide bonds. The predicted molar refractivity (Wildman–Crippen MR) is 75.4 cm³/mol. The monoisotopic (exact) mass is 348 g/mol. The van der Waals surface area contributed by atoms with Crippen LogP contribution in [0.15, 0.2) is 42.5 Å². The average Bonchev–Trinajstić information content (AvgIpc) is 2.86. The Hall–Kier alpha value is -0.0457. The number of halogens is 2. The predicted octanol–water partition coefficient (Wildman–Crippen LogP) is -1.94. The van der Waals surface area contributed by atoms with Crippen molar-refractivity contribution in [2.24, 2.45) is 0 Å². The molecule has 0 bridgehead atoms. The molecule has 0 heterocycles. The van der Waals surface area contributed by atoms with E-state index in [4.69, 9.17) is 5.11 Å². The van der Waals surface area contributed by atoms with E-state index in [1.165, 1.54) is 17.1 Å². The standard InChI is InChI=1S/C11H9.C4H9.CH4O.2ClH.Ti/c1-2-6-10(7-3-1)11-8-4-5-9-11;1-4(2)3;1-2;;;/h1-6,8H,9H2;1-3H3;2H,1H3;2*1H;/q2*-1;;;;+4/p-2. The SMILES string of the molecule is CO.C[C-](C)C.[Cl-].[Cl-].[Ti+4].[c-]1ccccc1C1=CC=CC1. The van der Waals surface area contributed by atoms with Gasteiger partial charge < -0.3 is 35.8 Å². The fraction of sp³-hybridized carbons (Fsp3) is 0.312. The smallest absolute Gasteiger partial charge is 1.00 e. The molecule has 0 saturated heterocycles. The maximum atomic E-state index is 7.00. The van der Waals surface area contributed by atoms with E-state index >= 15 is 0 Å². The zero-order valence-corrected chi connectivity index (χ0v) is 15.5. The normalized spacial score (nSPS) is 10.4. The minimum absolute atomic E-state index is 0. The Balaban J connectivity index is -0.000000126. The zero-order valence-electron chi connectivity index (χ0n) is 12.5. The fourth-order valence-electron chi connectivity index (χ4n) is 1.24. The molecule has 1 N–H and O–H groups in total.